The molecule has 76 valence electrons. The Morgan fingerprint density at radius 3 is 2.62 bits per heavy atom. The molecule has 0 aliphatic rings. The second-order valence-electron chi connectivity index (χ2n) is 2.94. The maximum Gasteiger partial charge on any atom is 0.0593 e. The van der Waals surface area contributed by atoms with E-state index in [9.17, 15) is 0 Å². The zero-order chi connectivity index (χ0) is 9.94. The first-order valence-corrected chi connectivity index (χ1v) is 5.08. The molecule has 0 aliphatic heterocycles. The molecule has 0 unspecified atom stereocenters. The van der Waals surface area contributed by atoms with Gasteiger partial charge in [-0.3, -0.25) is 0 Å². The fraction of sp³-hybridized carbons (Fsp3) is 0.818. The monoisotopic (exact) mass is 183 g/mol. The lowest BCUT2D eigenvalue weighted by atomic mass is 10.3. The normalized spacial score (nSPS) is 10.3. The van der Waals surface area contributed by atoms with E-state index in [0.29, 0.717) is 0 Å². The maximum atomic E-state index is 5.29. The van der Waals surface area contributed by atoms with Gasteiger partial charge >= 0.3 is 0 Å². The Labute approximate surface area is 82.3 Å². The van der Waals surface area contributed by atoms with E-state index in [4.69, 9.17) is 11.2 Å². The number of unbranched alkanes of at least 4 members (excludes halogenated alkanes) is 1. The predicted octanol–water partition coefficient (Wildman–Crippen LogP) is 1.76. The Bertz CT molecular complexity index is 140. The van der Waals surface area contributed by atoms with Gasteiger partial charge in [0.1, 0.15) is 0 Å². The van der Waals surface area contributed by atoms with Crippen molar-refractivity contribution in [2.75, 3.05) is 32.8 Å². The molecule has 0 saturated heterocycles. The fourth-order valence-corrected chi connectivity index (χ4v) is 1.17. The Morgan fingerprint density at radius 2 is 2.08 bits per heavy atom. The summed E-state index contributed by atoms with van der Waals surface area (Å²) in [7, 11) is 0. The summed E-state index contributed by atoms with van der Waals surface area (Å²) in [4.78, 5) is 2.37. The lowest BCUT2D eigenvalue weighted by molar-refractivity contribution is 0.115. The van der Waals surface area contributed by atoms with E-state index >= 15 is 0 Å². The first kappa shape index (κ1) is 12.5. The van der Waals surface area contributed by atoms with Gasteiger partial charge in [-0.25, -0.2) is 0 Å². The van der Waals surface area contributed by atoms with Gasteiger partial charge in [0.15, 0.2) is 0 Å². The van der Waals surface area contributed by atoms with Crippen LogP contribution in [0.4, 0.5) is 0 Å². The molecule has 0 aliphatic carbocycles. The Morgan fingerprint density at radius 1 is 1.31 bits per heavy atom. The summed E-state index contributed by atoms with van der Waals surface area (Å²) < 4.78 is 5.29. The summed E-state index contributed by atoms with van der Waals surface area (Å²) >= 11 is 0. The molecule has 0 bridgehead atoms. The van der Waals surface area contributed by atoms with Gasteiger partial charge < -0.3 is 9.64 Å². The second kappa shape index (κ2) is 9.57. The lowest BCUT2D eigenvalue weighted by Gasteiger charge is -2.19. The third-order valence-corrected chi connectivity index (χ3v) is 2.00. The number of ether oxygens (including phenoxy) is 1. The number of hydrogen-bond donors (Lipinski definition) is 0. The molecule has 2 nitrogen and oxygen atoms in total. The van der Waals surface area contributed by atoms with Gasteiger partial charge in [0, 0.05) is 19.6 Å². The molecular formula is C11H21NO. The molecule has 0 heterocycles. The van der Waals surface area contributed by atoms with Crippen LogP contribution >= 0.6 is 0 Å². The van der Waals surface area contributed by atoms with E-state index in [1.54, 1.807) is 0 Å². The van der Waals surface area contributed by atoms with Crippen LogP contribution in [0.15, 0.2) is 0 Å². The van der Waals surface area contributed by atoms with Crippen molar-refractivity contribution in [3.63, 3.8) is 0 Å². The van der Waals surface area contributed by atoms with Crippen molar-refractivity contribution < 1.29 is 4.74 Å². The molecule has 0 aromatic carbocycles. The smallest absolute Gasteiger partial charge is 0.0593 e. The third kappa shape index (κ3) is 7.83. The predicted molar refractivity (Wildman–Crippen MR) is 56.7 cm³/mol. The Kier molecular flexibility index (Phi) is 9.18. The van der Waals surface area contributed by atoms with E-state index in [1.165, 1.54) is 0 Å². The minimum atomic E-state index is 0.807. The van der Waals surface area contributed by atoms with Crippen LogP contribution in [0.1, 0.15) is 26.7 Å². The van der Waals surface area contributed by atoms with Crippen LogP contribution in [-0.2, 0) is 4.74 Å². The van der Waals surface area contributed by atoms with Gasteiger partial charge in [0.05, 0.1) is 6.61 Å². The zero-order valence-corrected chi connectivity index (χ0v) is 8.88. The second-order valence-corrected chi connectivity index (χ2v) is 2.94. The molecule has 0 aromatic rings. The van der Waals surface area contributed by atoms with Crippen LogP contribution in [-0.4, -0.2) is 37.7 Å². The molecular weight excluding hydrogens is 162 g/mol. The highest BCUT2D eigenvalue weighted by Gasteiger charge is 2.00. The molecule has 0 radical (unpaired) electrons. The van der Waals surface area contributed by atoms with Crippen molar-refractivity contribution in [1.82, 2.24) is 4.90 Å². The van der Waals surface area contributed by atoms with E-state index < -0.39 is 0 Å². The van der Waals surface area contributed by atoms with Gasteiger partial charge in [-0.2, -0.15) is 0 Å². The number of rotatable bonds is 8. The first-order chi connectivity index (χ1) is 6.35. The quantitative estimate of drug-likeness (QED) is 0.420. The molecule has 0 N–H and O–H groups in total. The van der Waals surface area contributed by atoms with Crippen molar-refractivity contribution in [2.45, 2.75) is 26.7 Å². The van der Waals surface area contributed by atoms with Crippen molar-refractivity contribution >= 4 is 0 Å². The highest BCUT2D eigenvalue weighted by Crippen LogP contribution is 1.94. The van der Waals surface area contributed by atoms with Gasteiger partial charge in [-0.15, -0.1) is 12.3 Å². The average Bonchev–Trinajstić information content (AvgIpc) is 2.16. The lowest BCUT2D eigenvalue weighted by Crippen LogP contribution is -2.28. The highest BCUT2D eigenvalue weighted by molar-refractivity contribution is 4.83. The number of likely N-dealkylation sites (N-methyl/N-ethyl adjacent to an activating group) is 1. The van der Waals surface area contributed by atoms with Crippen LogP contribution in [0.3, 0.4) is 0 Å². The van der Waals surface area contributed by atoms with Crippen molar-refractivity contribution in [3.8, 4) is 12.3 Å². The fourth-order valence-electron chi connectivity index (χ4n) is 1.17. The average molecular weight is 183 g/mol. The van der Waals surface area contributed by atoms with Crippen molar-refractivity contribution in [3.05, 3.63) is 0 Å². The maximum absolute atomic E-state index is 5.29. The molecule has 0 atom stereocenters. The minimum absolute atomic E-state index is 0.807. The standard InChI is InChI=1S/C11H21NO/c1-4-7-8-9-12(5-2)10-11-13-6-3/h1H,5-11H2,2-3H3. The largest absolute Gasteiger partial charge is 0.380 e. The van der Waals surface area contributed by atoms with Crippen LogP contribution in [0.2, 0.25) is 0 Å². The SMILES string of the molecule is C#CCCCN(CC)CCOCC. The van der Waals surface area contributed by atoms with Crippen LogP contribution in [0.25, 0.3) is 0 Å². The summed E-state index contributed by atoms with van der Waals surface area (Å²) in [6, 6.07) is 0. The highest BCUT2D eigenvalue weighted by atomic mass is 16.5. The van der Waals surface area contributed by atoms with Crippen LogP contribution < -0.4 is 0 Å². The minimum Gasteiger partial charge on any atom is -0.380 e. The van der Waals surface area contributed by atoms with E-state index in [2.05, 4.69) is 17.7 Å². The van der Waals surface area contributed by atoms with Gasteiger partial charge in [0.2, 0.25) is 0 Å². The molecule has 0 rings (SSSR count). The molecule has 0 aromatic heterocycles. The zero-order valence-electron chi connectivity index (χ0n) is 8.88. The molecule has 0 saturated carbocycles. The number of terminal acetylenes is 1. The molecule has 0 amide bonds. The van der Waals surface area contributed by atoms with Gasteiger partial charge in [-0.05, 0) is 26.4 Å². The molecule has 2 heteroatoms. The Balaban J connectivity index is 3.35. The summed E-state index contributed by atoms with van der Waals surface area (Å²) in [6.45, 7) is 9.03. The van der Waals surface area contributed by atoms with Crippen LogP contribution in [0.5, 0.6) is 0 Å². The van der Waals surface area contributed by atoms with Crippen molar-refractivity contribution in [1.29, 1.82) is 0 Å². The number of hydrogen-bond acceptors (Lipinski definition) is 2. The van der Waals surface area contributed by atoms with E-state index in [1.807, 2.05) is 6.92 Å². The summed E-state index contributed by atoms with van der Waals surface area (Å²) in [5, 5.41) is 0. The van der Waals surface area contributed by atoms with E-state index in [0.717, 1.165) is 45.7 Å². The van der Waals surface area contributed by atoms with Gasteiger partial charge in [0.25, 0.3) is 0 Å². The van der Waals surface area contributed by atoms with E-state index in [-0.39, 0.29) is 0 Å². The molecule has 0 fully saturated rings. The summed E-state index contributed by atoms with van der Waals surface area (Å²) in [5.41, 5.74) is 0. The molecule has 0 spiro atoms. The number of nitrogens with zero attached hydrogens (tertiary/aromatic N) is 1. The topological polar surface area (TPSA) is 12.5 Å². The molecule has 13 heavy (non-hydrogen) atoms. The summed E-state index contributed by atoms with van der Waals surface area (Å²) in [6.07, 6.45) is 7.16. The van der Waals surface area contributed by atoms with Gasteiger partial charge in [-0.1, -0.05) is 6.92 Å². The third-order valence-electron chi connectivity index (χ3n) is 2.00. The first-order valence-electron chi connectivity index (χ1n) is 5.08. The summed E-state index contributed by atoms with van der Waals surface area (Å²) in [5.74, 6) is 2.66. The van der Waals surface area contributed by atoms with Crippen molar-refractivity contribution in [2.24, 2.45) is 0 Å². The Hall–Kier alpha value is -0.520. The van der Waals surface area contributed by atoms with Crippen LogP contribution in [0, 0.1) is 12.3 Å².